The van der Waals surface area contributed by atoms with Crippen molar-refractivity contribution in [1.29, 1.82) is 0 Å². The van der Waals surface area contributed by atoms with Crippen LogP contribution in [-0.4, -0.2) is 24.5 Å². The van der Waals surface area contributed by atoms with E-state index >= 15 is 0 Å². The van der Waals surface area contributed by atoms with Gasteiger partial charge in [-0.3, -0.25) is 4.79 Å². The van der Waals surface area contributed by atoms with Crippen LogP contribution in [0.1, 0.15) is 22.5 Å². The summed E-state index contributed by atoms with van der Waals surface area (Å²) in [5.74, 6) is 0.971. The molecule has 140 valence electrons. The molecule has 1 N–H and O–H groups in total. The van der Waals surface area contributed by atoms with E-state index in [1.54, 1.807) is 7.11 Å². The number of nitrogens with one attached hydrogen (secondary N) is 1. The molecule has 2 aromatic carbocycles. The number of aromatic nitrogens is 1. The first-order valence-electron chi connectivity index (χ1n) is 8.38. The number of hydrogen-bond donors (Lipinski definition) is 1. The average molecular weight is 497 g/mol. The maximum atomic E-state index is 12.5. The summed E-state index contributed by atoms with van der Waals surface area (Å²) in [6, 6.07) is 13.3. The van der Waals surface area contributed by atoms with Gasteiger partial charge in [0.15, 0.2) is 17.8 Å². The molecule has 0 aliphatic carbocycles. The molecular weight excluding hydrogens is 479 g/mol. The lowest BCUT2D eigenvalue weighted by Gasteiger charge is -2.07. The Morgan fingerprint density at radius 1 is 1.26 bits per heavy atom. The second-order valence-electron chi connectivity index (χ2n) is 5.87. The van der Waals surface area contributed by atoms with Gasteiger partial charge < -0.3 is 14.5 Å². The molecular formula is C20H18ClIN2O3. The van der Waals surface area contributed by atoms with E-state index in [-0.39, 0.29) is 11.6 Å². The van der Waals surface area contributed by atoms with Crippen LogP contribution in [0.4, 0.5) is 0 Å². The van der Waals surface area contributed by atoms with E-state index in [0.29, 0.717) is 12.3 Å². The molecule has 0 spiro atoms. The highest BCUT2D eigenvalue weighted by Crippen LogP contribution is 2.29. The van der Waals surface area contributed by atoms with Crippen LogP contribution in [0.15, 0.2) is 53.3 Å². The van der Waals surface area contributed by atoms with E-state index in [1.807, 2.05) is 42.5 Å². The van der Waals surface area contributed by atoms with Crippen LogP contribution >= 0.6 is 34.2 Å². The third kappa shape index (κ3) is 5.01. The minimum Gasteiger partial charge on any atom is -0.496 e. The van der Waals surface area contributed by atoms with Gasteiger partial charge in [0.05, 0.1) is 10.7 Å². The Hall–Kier alpha value is -2.06. The summed E-state index contributed by atoms with van der Waals surface area (Å²) in [5.41, 5.74) is 2.25. The summed E-state index contributed by atoms with van der Waals surface area (Å²) in [6.45, 7) is 0.550. The van der Waals surface area contributed by atoms with Gasteiger partial charge in [0.1, 0.15) is 5.75 Å². The van der Waals surface area contributed by atoms with Crippen LogP contribution in [-0.2, 0) is 6.42 Å². The SMILES string of the molecule is COc1ccc(-c2ocnc2C(=O)NCCCc2ccc(Cl)cc2)cc1I. The first-order chi connectivity index (χ1) is 13.1. The van der Waals surface area contributed by atoms with Gasteiger partial charge in [-0.2, -0.15) is 0 Å². The molecule has 5 nitrogen and oxygen atoms in total. The van der Waals surface area contributed by atoms with E-state index < -0.39 is 0 Å². The molecule has 1 aromatic heterocycles. The molecule has 0 bridgehead atoms. The molecule has 0 fully saturated rings. The summed E-state index contributed by atoms with van der Waals surface area (Å²) in [4.78, 5) is 16.6. The number of aryl methyl sites for hydroxylation is 1. The van der Waals surface area contributed by atoms with Gasteiger partial charge >= 0.3 is 0 Å². The number of amides is 1. The van der Waals surface area contributed by atoms with Gasteiger partial charge in [0, 0.05) is 17.1 Å². The van der Waals surface area contributed by atoms with Crippen molar-refractivity contribution < 1.29 is 13.9 Å². The molecule has 0 radical (unpaired) electrons. The van der Waals surface area contributed by atoms with Gasteiger partial charge in [-0.15, -0.1) is 0 Å². The van der Waals surface area contributed by atoms with Crippen molar-refractivity contribution in [3.63, 3.8) is 0 Å². The van der Waals surface area contributed by atoms with Gasteiger partial charge in [0.2, 0.25) is 0 Å². The van der Waals surface area contributed by atoms with Crippen LogP contribution in [0.25, 0.3) is 11.3 Å². The molecule has 0 aliphatic heterocycles. The highest BCUT2D eigenvalue weighted by molar-refractivity contribution is 14.1. The fourth-order valence-electron chi connectivity index (χ4n) is 2.65. The van der Waals surface area contributed by atoms with Crippen molar-refractivity contribution in [2.45, 2.75) is 12.8 Å². The summed E-state index contributed by atoms with van der Waals surface area (Å²) in [7, 11) is 1.62. The number of hydrogen-bond acceptors (Lipinski definition) is 4. The Morgan fingerprint density at radius 2 is 2.04 bits per heavy atom. The summed E-state index contributed by atoms with van der Waals surface area (Å²) >= 11 is 8.06. The molecule has 0 saturated heterocycles. The number of benzene rings is 2. The number of carbonyl (C=O) groups excluding carboxylic acids is 1. The third-order valence-corrected chi connectivity index (χ3v) is 5.13. The van der Waals surface area contributed by atoms with Gasteiger partial charge in [-0.05, 0) is 71.3 Å². The lowest BCUT2D eigenvalue weighted by atomic mass is 10.1. The molecule has 1 amide bonds. The first-order valence-corrected chi connectivity index (χ1v) is 9.84. The summed E-state index contributed by atoms with van der Waals surface area (Å²) in [6.07, 6.45) is 2.97. The Morgan fingerprint density at radius 3 is 2.74 bits per heavy atom. The van der Waals surface area contributed by atoms with Crippen molar-refractivity contribution in [2.75, 3.05) is 13.7 Å². The predicted octanol–water partition coefficient (Wildman–Crippen LogP) is 4.97. The zero-order valence-corrected chi connectivity index (χ0v) is 17.6. The van der Waals surface area contributed by atoms with Crippen molar-refractivity contribution in [3.05, 3.63) is 68.7 Å². The number of oxazole rings is 1. The predicted molar refractivity (Wildman–Crippen MR) is 113 cm³/mol. The fraction of sp³-hybridized carbons (Fsp3) is 0.200. The molecule has 0 unspecified atom stereocenters. The highest BCUT2D eigenvalue weighted by Gasteiger charge is 2.18. The average Bonchev–Trinajstić information content (AvgIpc) is 3.16. The molecule has 7 heteroatoms. The zero-order valence-electron chi connectivity index (χ0n) is 14.7. The lowest BCUT2D eigenvalue weighted by molar-refractivity contribution is 0.0949. The quantitative estimate of drug-likeness (QED) is 0.370. The third-order valence-electron chi connectivity index (χ3n) is 4.04. The van der Waals surface area contributed by atoms with Crippen molar-refractivity contribution >= 4 is 40.1 Å². The number of nitrogens with zero attached hydrogens (tertiary/aromatic N) is 1. The molecule has 3 rings (SSSR count). The summed E-state index contributed by atoms with van der Waals surface area (Å²) < 4.78 is 11.7. The van der Waals surface area contributed by atoms with Crippen LogP contribution in [0.3, 0.4) is 0 Å². The molecule has 3 aromatic rings. The second-order valence-corrected chi connectivity index (χ2v) is 7.46. The van der Waals surface area contributed by atoms with E-state index in [0.717, 1.165) is 32.7 Å². The summed E-state index contributed by atoms with van der Waals surface area (Å²) in [5, 5.41) is 3.62. The second kappa shape index (κ2) is 9.23. The van der Waals surface area contributed by atoms with Gasteiger partial charge in [-0.1, -0.05) is 23.7 Å². The maximum absolute atomic E-state index is 12.5. The highest BCUT2D eigenvalue weighted by atomic mass is 127. The van der Waals surface area contributed by atoms with Crippen LogP contribution < -0.4 is 10.1 Å². The molecule has 0 atom stereocenters. The lowest BCUT2D eigenvalue weighted by Crippen LogP contribution is -2.25. The number of methoxy groups -OCH3 is 1. The topological polar surface area (TPSA) is 64.4 Å². The standard InChI is InChI=1S/C20H18ClIN2O3/c1-26-17-9-6-14(11-16(17)22)19-18(24-12-27-19)20(25)23-10-2-3-13-4-7-15(21)8-5-13/h4-9,11-12H,2-3,10H2,1H3,(H,23,25). The van der Waals surface area contributed by atoms with Crippen LogP contribution in [0, 0.1) is 3.57 Å². The number of carbonyl (C=O) groups is 1. The Kier molecular flexibility index (Phi) is 6.73. The normalized spacial score (nSPS) is 10.6. The maximum Gasteiger partial charge on any atom is 0.273 e. The van der Waals surface area contributed by atoms with Gasteiger partial charge in [0.25, 0.3) is 5.91 Å². The molecule has 27 heavy (non-hydrogen) atoms. The minimum absolute atomic E-state index is 0.249. The van der Waals surface area contributed by atoms with E-state index in [1.165, 1.54) is 12.0 Å². The Labute approximate surface area is 176 Å². The first kappa shape index (κ1) is 19.7. The monoisotopic (exact) mass is 496 g/mol. The van der Waals surface area contributed by atoms with Crippen LogP contribution in [0.2, 0.25) is 5.02 Å². The molecule has 0 aliphatic rings. The molecule has 0 saturated carbocycles. The minimum atomic E-state index is -0.249. The van der Waals surface area contributed by atoms with Gasteiger partial charge in [-0.25, -0.2) is 4.98 Å². The number of ether oxygens (including phenoxy) is 1. The van der Waals surface area contributed by atoms with Crippen LogP contribution in [0.5, 0.6) is 5.75 Å². The number of halogens is 2. The largest absolute Gasteiger partial charge is 0.496 e. The zero-order chi connectivity index (χ0) is 19.2. The molecule has 1 heterocycles. The smallest absolute Gasteiger partial charge is 0.273 e. The van der Waals surface area contributed by atoms with E-state index in [4.69, 9.17) is 20.8 Å². The fourth-order valence-corrected chi connectivity index (χ4v) is 3.51. The van der Waals surface area contributed by atoms with Crippen molar-refractivity contribution in [3.8, 4) is 17.1 Å². The Bertz CT molecular complexity index is 925. The van der Waals surface area contributed by atoms with E-state index in [2.05, 4.69) is 32.9 Å². The number of rotatable bonds is 7. The van der Waals surface area contributed by atoms with Crippen molar-refractivity contribution in [1.82, 2.24) is 10.3 Å². The van der Waals surface area contributed by atoms with Crippen molar-refractivity contribution in [2.24, 2.45) is 0 Å². The van der Waals surface area contributed by atoms with E-state index in [9.17, 15) is 4.79 Å². The Balaban J connectivity index is 1.60.